The first-order chi connectivity index (χ1) is 12.0. The van der Waals surface area contributed by atoms with E-state index in [4.69, 9.17) is 25.7 Å². The van der Waals surface area contributed by atoms with Crippen molar-refractivity contribution < 1.29 is 19.0 Å². The van der Waals surface area contributed by atoms with Crippen LogP contribution in [-0.4, -0.2) is 36.9 Å². The first kappa shape index (κ1) is 18.1. The van der Waals surface area contributed by atoms with Gasteiger partial charge in [-0.1, -0.05) is 0 Å². The first-order valence-corrected chi connectivity index (χ1v) is 7.54. The predicted octanol–water partition coefficient (Wildman–Crippen LogP) is 1.82. The Labute approximate surface area is 145 Å². The van der Waals surface area contributed by atoms with Gasteiger partial charge >= 0.3 is 6.09 Å². The molecule has 2 rings (SSSR count). The zero-order valence-corrected chi connectivity index (χ0v) is 14.3. The van der Waals surface area contributed by atoms with Crippen LogP contribution in [0.15, 0.2) is 18.3 Å². The summed E-state index contributed by atoms with van der Waals surface area (Å²) in [6.07, 6.45) is 1.42. The highest BCUT2D eigenvalue weighted by molar-refractivity contribution is 5.89. The molecule has 25 heavy (non-hydrogen) atoms. The number of nitrogens with two attached hydrogens (primary N) is 2. The minimum atomic E-state index is -0.594. The molecule has 1 aromatic heterocycles. The maximum Gasteiger partial charge on any atom is 0.411 e. The molecule has 1 heterocycles. The highest BCUT2D eigenvalue weighted by Gasteiger charge is 2.17. The fraction of sp³-hybridized carbons (Fsp3) is 0.312. The zero-order chi connectivity index (χ0) is 18.4. The van der Waals surface area contributed by atoms with Crippen molar-refractivity contribution >= 4 is 23.5 Å². The molecule has 2 aromatic rings. The highest BCUT2D eigenvalue weighted by Crippen LogP contribution is 2.37. The van der Waals surface area contributed by atoms with Gasteiger partial charge in [0.2, 0.25) is 5.95 Å². The third-order valence-electron chi connectivity index (χ3n) is 3.38. The summed E-state index contributed by atoms with van der Waals surface area (Å²) in [5.41, 5.74) is 13.3. The molecule has 1 amide bonds. The predicted molar refractivity (Wildman–Crippen MR) is 93.9 cm³/mol. The molecule has 9 nitrogen and oxygen atoms in total. The molecular formula is C16H21N5O4. The second kappa shape index (κ2) is 8.04. The maximum atomic E-state index is 11.7. The van der Waals surface area contributed by atoms with Gasteiger partial charge in [-0.05, 0) is 24.6 Å². The van der Waals surface area contributed by atoms with Gasteiger partial charge in [0.25, 0.3) is 0 Å². The topological polar surface area (TPSA) is 135 Å². The van der Waals surface area contributed by atoms with Crippen molar-refractivity contribution in [3.05, 3.63) is 29.5 Å². The van der Waals surface area contributed by atoms with Gasteiger partial charge in [-0.3, -0.25) is 5.32 Å². The summed E-state index contributed by atoms with van der Waals surface area (Å²) in [6, 6.07) is 3.53. The minimum Gasteiger partial charge on any atom is -0.494 e. The van der Waals surface area contributed by atoms with Crippen LogP contribution in [0.2, 0.25) is 0 Å². The SMILES string of the molecule is CCOC(=O)Nc1c(OC)cc(Cc2cnc(N)nc2N)cc1OC. The van der Waals surface area contributed by atoms with Gasteiger partial charge in [-0.25, -0.2) is 9.78 Å². The number of benzene rings is 1. The Morgan fingerprint density at radius 1 is 1.20 bits per heavy atom. The third-order valence-corrected chi connectivity index (χ3v) is 3.38. The average Bonchev–Trinajstić information content (AvgIpc) is 2.58. The number of amides is 1. The number of anilines is 3. The lowest BCUT2D eigenvalue weighted by Crippen LogP contribution is -2.15. The van der Waals surface area contributed by atoms with Gasteiger partial charge in [0.05, 0.1) is 20.8 Å². The number of carbonyl (C=O) groups is 1. The van der Waals surface area contributed by atoms with Gasteiger partial charge in [0.1, 0.15) is 23.0 Å². The summed E-state index contributed by atoms with van der Waals surface area (Å²) in [7, 11) is 2.99. The summed E-state index contributed by atoms with van der Waals surface area (Å²) >= 11 is 0. The summed E-state index contributed by atoms with van der Waals surface area (Å²) in [6.45, 7) is 1.97. The molecule has 0 aliphatic rings. The molecule has 0 fully saturated rings. The smallest absolute Gasteiger partial charge is 0.411 e. The molecule has 0 spiro atoms. The third kappa shape index (κ3) is 4.40. The normalized spacial score (nSPS) is 10.2. The van der Waals surface area contributed by atoms with E-state index in [1.807, 2.05) is 0 Å². The lowest BCUT2D eigenvalue weighted by molar-refractivity contribution is 0.167. The van der Waals surface area contributed by atoms with E-state index < -0.39 is 6.09 Å². The van der Waals surface area contributed by atoms with Gasteiger partial charge in [0.15, 0.2) is 0 Å². The molecule has 9 heteroatoms. The van der Waals surface area contributed by atoms with Crippen LogP contribution in [0, 0.1) is 0 Å². The Hall–Kier alpha value is -3.23. The quantitative estimate of drug-likeness (QED) is 0.720. The van der Waals surface area contributed by atoms with E-state index in [0.717, 1.165) is 5.56 Å². The summed E-state index contributed by atoms with van der Waals surface area (Å²) < 4.78 is 15.6. The van der Waals surface area contributed by atoms with E-state index in [0.29, 0.717) is 35.0 Å². The Morgan fingerprint density at radius 3 is 2.36 bits per heavy atom. The van der Waals surface area contributed by atoms with Crippen LogP contribution in [-0.2, 0) is 11.2 Å². The van der Waals surface area contributed by atoms with Crippen molar-refractivity contribution in [2.75, 3.05) is 37.6 Å². The minimum absolute atomic E-state index is 0.116. The number of hydrogen-bond donors (Lipinski definition) is 3. The summed E-state index contributed by atoms with van der Waals surface area (Å²) in [5, 5.41) is 2.61. The van der Waals surface area contributed by atoms with Crippen molar-refractivity contribution in [3.63, 3.8) is 0 Å². The number of methoxy groups -OCH3 is 2. The van der Waals surface area contributed by atoms with Crippen molar-refractivity contribution in [3.8, 4) is 11.5 Å². The number of nitrogens with one attached hydrogen (secondary N) is 1. The molecular weight excluding hydrogens is 326 g/mol. The fourth-order valence-corrected chi connectivity index (χ4v) is 2.25. The molecule has 5 N–H and O–H groups in total. The second-order valence-corrected chi connectivity index (χ2v) is 5.04. The van der Waals surface area contributed by atoms with Crippen LogP contribution in [0.3, 0.4) is 0 Å². The molecule has 0 atom stereocenters. The number of hydrogen-bond acceptors (Lipinski definition) is 8. The standard InChI is InChI=1S/C16H21N5O4/c1-4-25-16(22)20-13-11(23-2)6-9(7-12(13)24-3)5-10-8-19-15(18)21-14(10)17/h6-8H,4-5H2,1-3H3,(H,20,22)(H4,17,18,19,21). The van der Waals surface area contributed by atoms with Crippen LogP contribution in [0.5, 0.6) is 11.5 Å². The van der Waals surface area contributed by atoms with E-state index in [2.05, 4.69) is 15.3 Å². The molecule has 0 saturated heterocycles. The highest BCUT2D eigenvalue weighted by atomic mass is 16.5. The Kier molecular flexibility index (Phi) is 5.83. The van der Waals surface area contributed by atoms with Crippen molar-refractivity contribution in [1.29, 1.82) is 0 Å². The molecule has 0 bridgehead atoms. The Morgan fingerprint density at radius 2 is 1.84 bits per heavy atom. The van der Waals surface area contributed by atoms with E-state index in [1.165, 1.54) is 14.2 Å². The molecule has 0 saturated carbocycles. The molecule has 0 aliphatic heterocycles. The summed E-state index contributed by atoms with van der Waals surface area (Å²) in [5.74, 6) is 1.28. The fourth-order valence-electron chi connectivity index (χ4n) is 2.25. The lowest BCUT2D eigenvalue weighted by atomic mass is 10.0. The van der Waals surface area contributed by atoms with Crippen molar-refractivity contribution in [2.45, 2.75) is 13.3 Å². The van der Waals surface area contributed by atoms with Crippen molar-refractivity contribution in [1.82, 2.24) is 9.97 Å². The number of carbonyl (C=O) groups excluding carboxylic acids is 1. The second-order valence-electron chi connectivity index (χ2n) is 5.04. The Bertz CT molecular complexity index is 741. The van der Waals surface area contributed by atoms with Crippen LogP contribution in [0.1, 0.15) is 18.1 Å². The van der Waals surface area contributed by atoms with Gasteiger partial charge in [-0.2, -0.15) is 4.98 Å². The lowest BCUT2D eigenvalue weighted by Gasteiger charge is -2.16. The largest absolute Gasteiger partial charge is 0.494 e. The average molecular weight is 347 g/mol. The van der Waals surface area contributed by atoms with Gasteiger partial charge in [0, 0.05) is 18.2 Å². The van der Waals surface area contributed by atoms with Crippen LogP contribution in [0.25, 0.3) is 0 Å². The molecule has 0 unspecified atom stereocenters. The number of nitrogen functional groups attached to an aromatic ring is 2. The number of nitrogens with zero attached hydrogens (tertiary/aromatic N) is 2. The number of rotatable bonds is 6. The zero-order valence-electron chi connectivity index (χ0n) is 14.3. The van der Waals surface area contributed by atoms with E-state index in [-0.39, 0.29) is 12.6 Å². The van der Waals surface area contributed by atoms with Gasteiger partial charge in [-0.15, -0.1) is 0 Å². The molecule has 134 valence electrons. The maximum absolute atomic E-state index is 11.7. The Balaban J connectivity index is 2.36. The molecule has 0 radical (unpaired) electrons. The van der Waals surface area contributed by atoms with Crippen LogP contribution < -0.4 is 26.3 Å². The number of ether oxygens (including phenoxy) is 3. The molecule has 0 aliphatic carbocycles. The van der Waals surface area contributed by atoms with E-state index >= 15 is 0 Å². The number of aromatic nitrogens is 2. The first-order valence-electron chi connectivity index (χ1n) is 7.54. The monoisotopic (exact) mass is 347 g/mol. The van der Waals surface area contributed by atoms with Crippen LogP contribution in [0.4, 0.5) is 22.2 Å². The van der Waals surface area contributed by atoms with E-state index in [9.17, 15) is 4.79 Å². The van der Waals surface area contributed by atoms with Crippen molar-refractivity contribution in [2.24, 2.45) is 0 Å². The van der Waals surface area contributed by atoms with Gasteiger partial charge < -0.3 is 25.7 Å². The van der Waals surface area contributed by atoms with Crippen LogP contribution >= 0.6 is 0 Å². The summed E-state index contributed by atoms with van der Waals surface area (Å²) in [4.78, 5) is 19.6. The molecule has 1 aromatic carbocycles. The van der Waals surface area contributed by atoms with E-state index in [1.54, 1.807) is 25.3 Å².